The number of nitrogens with one attached hydrogen (secondary N) is 2. The summed E-state index contributed by atoms with van der Waals surface area (Å²) < 4.78 is 1.00. The van der Waals surface area contributed by atoms with E-state index in [1.54, 1.807) is 28.0 Å². The first-order valence-electron chi connectivity index (χ1n) is 9.81. The third kappa shape index (κ3) is 4.82. The molecule has 158 valence electrons. The number of anilines is 2. The van der Waals surface area contributed by atoms with Gasteiger partial charge in [0.2, 0.25) is 5.95 Å². The van der Waals surface area contributed by atoms with Crippen LogP contribution < -0.4 is 16.4 Å². The van der Waals surface area contributed by atoms with E-state index in [9.17, 15) is 4.79 Å². The summed E-state index contributed by atoms with van der Waals surface area (Å²) in [4.78, 5) is 28.5. The number of nitrogens with zero attached hydrogens (tertiary/aromatic N) is 4. The topological polar surface area (TPSA) is 109 Å². The highest BCUT2D eigenvalue weighted by atomic mass is 32.2. The number of nitrogens with two attached hydrogens (primary N) is 1. The van der Waals surface area contributed by atoms with Crippen molar-refractivity contribution in [3.05, 3.63) is 36.2 Å². The number of likely N-dealkylation sites (tertiary alicyclic amines) is 1. The zero-order valence-corrected chi connectivity index (χ0v) is 18.6. The fourth-order valence-electron chi connectivity index (χ4n) is 3.11. The van der Waals surface area contributed by atoms with Crippen LogP contribution >= 0.6 is 23.1 Å². The molecule has 0 spiro atoms. The van der Waals surface area contributed by atoms with Crippen LogP contribution in [0.25, 0.3) is 10.2 Å². The Labute approximate surface area is 183 Å². The smallest absolute Gasteiger partial charge is 0.254 e. The summed E-state index contributed by atoms with van der Waals surface area (Å²) in [5.41, 5.74) is 7.37. The number of aromatic nitrogens is 3. The second kappa shape index (κ2) is 9.15. The van der Waals surface area contributed by atoms with Crippen LogP contribution in [-0.2, 0) is 0 Å². The van der Waals surface area contributed by atoms with Gasteiger partial charge in [-0.1, -0.05) is 18.3 Å². The lowest BCUT2D eigenvalue weighted by molar-refractivity contribution is 0.0608. The number of rotatable bonds is 8. The summed E-state index contributed by atoms with van der Waals surface area (Å²) in [6.45, 7) is 4.94. The molecule has 1 amide bonds. The van der Waals surface area contributed by atoms with Gasteiger partial charge in [-0.25, -0.2) is 15.0 Å². The molecule has 4 rings (SSSR count). The van der Waals surface area contributed by atoms with Crippen LogP contribution in [0.3, 0.4) is 0 Å². The van der Waals surface area contributed by atoms with Crippen LogP contribution in [-0.4, -0.2) is 64.2 Å². The Morgan fingerprint density at radius 1 is 1.30 bits per heavy atom. The molecule has 1 atom stereocenters. The quantitative estimate of drug-likeness (QED) is 0.456. The number of thiazole rings is 1. The van der Waals surface area contributed by atoms with E-state index in [1.807, 2.05) is 36.8 Å². The first kappa shape index (κ1) is 20.8. The number of hydrogen-bond acceptors (Lipinski definition) is 9. The maximum atomic E-state index is 12.5. The molecule has 3 heterocycles. The van der Waals surface area contributed by atoms with Gasteiger partial charge in [0.05, 0.1) is 10.2 Å². The van der Waals surface area contributed by atoms with Crippen LogP contribution in [0.4, 0.5) is 11.1 Å². The van der Waals surface area contributed by atoms with E-state index in [4.69, 9.17) is 5.73 Å². The van der Waals surface area contributed by atoms with Crippen LogP contribution in [0.2, 0.25) is 0 Å². The van der Waals surface area contributed by atoms with Gasteiger partial charge in [0.1, 0.15) is 0 Å². The van der Waals surface area contributed by atoms with E-state index in [-0.39, 0.29) is 11.9 Å². The molecule has 0 saturated carbocycles. The van der Waals surface area contributed by atoms with Crippen molar-refractivity contribution in [1.29, 1.82) is 0 Å². The molecule has 1 aromatic carbocycles. The Kier molecular flexibility index (Phi) is 6.35. The van der Waals surface area contributed by atoms with Crippen LogP contribution in [0.1, 0.15) is 17.3 Å². The molecule has 0 radical (unpaired) electrons. The largest absolute Gasteiger partial charge is 0.361 e. The minimum Gasteiger partial charge on any atom is -0.361 e. The van der Waals surface area contributed by atoms with Crippen molar-refractivity contribution in [3.8, 4) is 0 Å². The number of benzene rings is 1. The minimum atomic E-state index is 0.0361. The second-order valence-electron chi connectivity index (χ2n) is 7.49. The van der Waals surface area contributed by atoms with E-state index in [0.29, 0.717) is 30.5 Å². The summed E-state index contributed by atoms with van der Waals surface area (Å²) in [6, 6.07) is 5.78. The lowest BCUT2D eigenvalue weighted by atomic mass is 10.1. The highest BCUT2D eigenvalue weighted by Crippen LogP contribution is 2.28. The van der Waals surface area contributed by atoms with Gasteiger partial charge in [-0.2, -0.15) is 0 Å². The van der Waals surface area contributed by atoms with Gasteiger partial charge in [-0.15, -0.1) is 11.8 Å². The summed E-state index contributed by atoms with van der Waals surface area (Å²) in [6.07, 6.45) is 5.64. The third-order valence-corrected chi connectivity index (χ3v) is 6.56. The molecule has 8 nitrogen and oxygen atoms in total. The van der Waals surface area contributed by atoms with E-state index < -0.39 is 0 Å². The summed E-state index contributed by atoms with van der Waals surface area (Å²) in [5.74, 6) is 1.03. The summed E-state index contributed by atoms with van der Waals surface area (Å²) >= 11 is 3.18. The Balaban J connectivity index is 1.30. The highest BCUT2D eigenvalue weighted by Gasteiger charge is 2.28. The van der Waals surface area contributed by atoms with Crippen LogP contribution in [0.5, 0.6) is 0 Å². The maximum Gasteiger partial charge on any atom is 0.254 e. The molecular formula is C20H25N7OS2. The van der Waals surface area contributed by atoms with Gasteiger partial charge < -0.3 is 21.3 Å². The normalized spacial score (nSPS) is 15.1. The van der Waals surface area contributed by atoms with Crippen molar-refractivity contribution in [2.75, 3.05) is 43.1 Å². The average Bonchev–Trinajstić information content (AvgIpc) is 3.16. The highest BCUT2D eigenvalue weighted by molar-refractivity contribution is 7.98. The van der Waals surface area contributed by atoms with E-state index in [1.165, 1.54) is 0 Å². The molecule has 30 heavy (non-hydrogen) atoms. The van der Waals surface area contributed by atoms with E-state index in [2.05, 4.69) is 32.5 Å². The zero-order chi connectivity index (χ0) is 21.1. The van der Waals surface area contributed by atoms with Crippen molar-refractivity contribution in [3.63, 3.8) is 0 Å². The van der Waals surface area contributed by atoms with Crippen molar-refractivity contribution in [1.82, 2.24) is 19.9 Å². The molecule has 3 aromatic rings. The Bertz CT molecular complexity index is 1020. The lowest BCUT2D eigenvalue weighted by Gasteiger charge is -2.36. The van der Waals surface area contributed by atoms with Crippen molar-refractivity contribution < 1.29 is 4.79 Å². The fraction of sp³-hybridized carbons (Fsp3) is 0.400. The number of amides is 1. The molecule has 2 aromatic heterocycles. The predicted octanol–water partition coefficient (Wildman–Crippen LogP) is 2.75. The van der Waals surface area contributed by atoms with Gasteiger partial charge in [-0.3, -0.25) is 4.79 Å². The molecule has 0 unspecified atom stereocenters. The SMILES string of the molecule is CSc1cnc(NC[C@H](C)CNc2nc3ccc(C(=O)N4CC(N)C4)cc3s2)nc1. The zero-order valence-electron chi connectivity index (χ0n) is 17.0. The molecule has 10 heteroatoms. The summed E-state index contributed by atoms with van der Waals surface area (Å²) in [5, 5.41) is 7.52. The van der Waals surface area contributed by atoms with Gasteiger partial charge in [0, 0.05) is 55.1 Å². The number of thioether (sulfide) groups is 1. The van der Waals surface area contributed by atoms with Crippen LogP contribution in [0.15, 0.2) is 35.5 Å². The summed E-state index contributed by atoms with van der Waals surface area (Å²) in [7, 11) is 0. The van der Waals surface area contributed by atoms with E-state index >= 15 is 0 Å². The molecular weight excluding hydrogens is 418 g/mol. The van der Waals surface area contributed by atoms with Gasteiger partial charge in [-0.05, 0) is 30.4 Å². The first-order valence-corrected chi connectivity index (χ1v) is 11.8. The fourth-order valence-corrected chi connectivity index (χ4v) is 4.33. The van der Waals surface area contributed by atoms with Gasteiger partial charge >= 0.3 is 0 Å². The monoisotopic (exact) mass is 443 g/mol. The van der Waals surface area contributed by atoms with Crippen molar-refractivity contribution >= 4 is 50.3 Å². The number of carbonyl (C=O) groups is 1. The molecule has 1 saturated heterocycles. The number of fused-ring (bicyclic) bond motifs is 1. The average molecular weight is 444 g/mol. The predicted molar refractivity (Wildman–Crippen MR) is 123 cm³/mol. The number of carbonyl (C=O) groups excluding carboxylic acids is 1. The first-order chi connectivity index (χ1) is 14.5. The van der Waals surface area contributed by atoms with Crippen molar-refractivity contribution in [2.24, 2.45) is 11.7 Å². The Hall–Kier alpha value is -2.43. The number of hydrogen-bond donors (Lipinski definition) is 3. The standard InChI is InChI=1S/C20H25N7OS2/c1-12(6-22-19-23-8-15(29-2)9-24-19)7-25-20-26-16-4-3-13(5-17(16)30-20)18(28)27-10-14(21)11-27/h3-5,8-9,12,14H,6-7,10-11,21H2,1-2H3,(H,25,26)(H,22,23,24)/t12-/m0/s1. The maximum absolute atomic E-state index is 12.5. The Morgan fingerprint density at radius 2 is 2.03 bits per heavy atom. The Morgan fingerprint density at radius 3 is 2.73 bits per heavy atom. The molecule has 0 aliphatic carbocycles. The van der Waals surface area contributed by atoms with Crippen molar-refractivity contribution in [2.45, 2.75) is 17.9 Å². The van der Waals surface area contributed by atoms with Gasteiger partial charge in [0.15, 0.2) is 5.13 Å². The molecule has 4 N–H and O–H groups in total. The van der Waals surface area contributed by atoms with Crippen LogP contribution in [0, 0.1) is 5.92 Å². The van der Waals surface area contributed by atoms with E-state index in [0.717, 1.165) is 33.3 Å². The van der Waals surface area contributed by atoms with Gasteiger partial charge in [0.25, 0.3) is 5.91 Å². The molecule has 1 aliphatic rings. The molecule has 1 aliphatic heterocycles. The lowest BCUT2D eigenvalue weighted by Crippen LogP contribution is -2.57. The molecule has 0 bridgehead atoms. The minimum absolute atomic E-state index is 0.0361. The molecule has 1 fully saturated rings. The second-order valence-corrected chi connectivity index (χ2v) is 9.40. The third-order valence-electron chi connectivity index (χ3n) is 4.91.